The second-order valence-corrected chi connectivity index (χ2v) is 5.88. The minimum absolute atomic E-state index is 0.0179. The molecule has 0 saturated heterocycles. The van der Waals surface area contributed by atoms with Gasteiger partial charge in [-0.1, -0.05) is 24.3 Å². The van der Waals surface area contributed by atoms with Crippen molar-refractivity contribution >= 4 is 16.6 Å². The number of fused-ring (bicyclic) bond motifs is 1. The fraction of sp³-hybridized carbons (Fsp3) is 0.200. The number of hydrogen-bond donors (Lipinski definition) is 0. The zero-order valence-corrected chi connectivity index (χ0v) is 14.8. The first kappa shape index (κ1) is 18.4. The zero-order valence-electron chi connectivity index (χ0n) is 14.8. The van der Waals surface area contributed by atoms with E-state index in [4.69, 9.17) is 4.74 Å². The largest absolute Gasteiger partial charge is 0.493 e. The van der Waals surface area contributed by atoms with Crippen LogP contribution in [0.5, 0.6) is 11.5 Å². The molecule has 0 spiro atoms. The van der Waals surface area contributed by atoms with Crippen molar-refractivity contribution in [3.8, 4) is 17.6 Å². The van der Waals surface area contributed by atoms with Gasteiger partial charge in [0, 0.05) is 24.7 Å². The molecule has 0 aliphatic heterocycles. The zero-order chi connectivity index (χ0) is 19.4. The molecule has 0 saturated carbocycles. The lowest BCUT2D eigenvalue weighted by Gasteiger charge is -2.22. The molecule has 3 rings (SSSR count). The number of nitriles is 1. The van der Waals surface area contributed by atoms with Gasteiger partial charge in [0.25, 0.3) is 0 Å². The summed E-state index contributed by atoms with van der Waals surface area (Å²) in [6.07, 6.45) is 0. The molecule has 0 N–H and O–H groups in total. The van der Waals surface area contributed by atoms with Crippen LogP contribution in [-0.4, -0.2) is 25.8 Å². The van der Waals surface area contributed by atoms with Gasteiger partial charge < -0.3 is 14.4 Å². The van der Waals surface area contributed by atoms with E-state index in [9.17, 15) is 14.0 Å². The Morgan fingerprint density at radius 3 is 2.63 bits per heavy atom. The van der Waals surface area contributed by atoms with Gasteiger partial charge in [-0.05, 0) is 29.8 Å². The molecule has 0 aliphatic carbocycles. The molecule has 0 radical (unpaired) electrons. The predicted octanol–water partition coefficient (Wildman–Crippen LogP) is 4.35. The molecule has 1 heterocycles. The summed E-state index contributed by atoms with van der Waals surface area (Å²) < 4.78 is 34.9. The normalized spacial score (nSPS) is 10.7. The standard InChI is InChI=1S/C20H17F2N3O2/c1-25(12-13-7-8-18(26-2)19(9-13)27-20(21)22)17-10-14(11-23)24-16-6-4-3-5-15(16)17/h3-10,20H,12H2,1-2H3. The van der Waals surface area contributed by atoms with Gasteiger partial charge in [0.2, 0.25) is 0 Å². The molecule has 0 unspecified atom stereocenters. The molecule has 0 bridgehead atoms. The van der Waals surface area contributed by atoms with Crippen molar-refractivity contribution in [2.75, 3.05) is 19.1 Å². The maximum absolute atomic E-state index is 12.6. The molecule has 0 aliphatic rings. The van der Waals surface area contributed by atoms with Gasteiger partial charge in [-0.25, -0.2) is 4.98 Å². The van der Waals surface area contributed by atoms with Crippen LogP contribution >= 0.6 is 0 Å². The highest BCUT2D eigenvalue weighted by atomic mass is 19.3. The molecule has 2 aromatic carbocycles. The Bertz CT molecular complexity index is 1000. The summed E-state index contributed by atoms with van der Waals surface area (Å²) in [7, 11) is 3.26. The SMILES string of the molecule is COc1ccc(CN(C)c2cc(C#N)nc3ccccc23)cc1OC(F)F. The lowest BCUT2D eigenvalue weighted by molar-refractivity contribution is -0.0512. The number of rotatable bonds is 6. The van der Waals surface area contributed by atoms with Crippen LogP contribution in [-0.2, 0) is 6.54 Å². The van der Waals surface area contributed by atoms with E-state index in [1.54, 1.807) is 18.2 Å². The average molecular weight is 369 g/mol. The number of benzene rings is 2. The van der Waals surface area contributed by atoms with Gasteiger partial charge in [-0.15, -0.1) is 0 Å². The van der Waals surface area contributed by atoms with Crippen molar-refractivity contribution in [1.82, 2.24) is 4.98 Å². The highest BCUT2D eigenvalue weighted by molar-refractivity contribution is 5.92. The first-order chi connectivity index (χ1) is 13.0. The highest BCUT2D eigenvalue weighted by Gasteiger charge is 2.14. The smallest absolute Gasteiger partial charge is 0.387 e. The van der Waals surface area contributed by atoms with Crippen LogP contribution in [0.3, 0.4) is 0 Å². The number of para-hydroxylation sites is 1. The van der Waals surface area contributed by atoms with E-state index in [0.717, 1.165) is 22.2 Å². The van der Waals surface area contributed by atoms with Crippen LogP contribution in [0.4, 0.5) is 14.5 Å². The van der Waals surface area contributed by atoms with E-state index in [-0.39, 0.29) is 11.5 Å². The second kappa shape index (κ2) is 7.87. The molecule has 0 amide bonds. The van der Waals surface area contributed by atoms with Gasteiger partial charge in [0.1, 0.15) is 11.8 Å². The Labute approximate surface area is 155 Å². The number of methoxy groups -OCH3 is 1. The molecule has 27 heavy (non-hydrogen) atoms. The fourth-order valence-corrected chi connectivity index (χ4v) is 2.90. The quantitative estimate of drug-likeness (QED) is 0.646. The number of hydrogen-bond acceptors (Lipinski definition) is 5. The highest BCUT2D eigenvalue weighted by Crippen LogP contribution is 2.31. The Hall–Kier alpha value is -3.40. The summed E-state index contributed by atoms with van der Waals surface area (Å²) in [5.41, 5.74) is 2.61. The Balaban J connectivity index is 1.95. The molecular formula is C20H17F2N3O2. The maximum atomic E-state index is 12.6. The molecule has 5 nitrogen and oxygen atoms in total. The third-order valence-corrected chi connectivity index (χ3v) is 4.08. The summed E-state index contributed by atoms with van der Waals surface area (Å²) >= 11 is 0. The summed E-state index contributed by atoms with van der Waals surface area (Å²) in [6.45, 7) is -2.52. The van der Waals surface area contributed by atoms with Crippen LogP contribution in [0.2, 0.25) is 0 Å². The van der Waals surface area contributed by atoms with E-state index in [0.29, 0.717) is 12.2 Å². The lowest BCUT2D eigenvalue weighted by atomic mass is 10.1. The monoisotopic (exact) mass is 369 g/mol. The number of anilines is 1. The molecule has 7 heteroatoms. The molecule has 138 valence electrons. The molecule has 0 fully saturated rings. The van der Waals surface area contributed by atoms with E-state index in [2.05, 4.69) is 15.8 Å². The van der Waals surface area contributed by atoms with Crippen LogP contribution in [0.1, 0.15) is 11.3 Å². The van der Waals surface area contributed by atoms with Gasteiger partial charge in [0.15, 0.2) is 11.5 Å². The van der Waals surface area contributed by atoms with Crippen molar-refractivity contribution < 1.29 is 18.3 Å². The second-order valence-electron chi connectivity index (χ2n) is 5.88. The third kappa shape index (κ3) is 4.06. The summed E-state index contributed by atoms with van der Waals surface area (Å²) in [5.74, 6) is 0.221. The number of halogens is 2. The fourth-order valence-electron chi connectivity index (χ4n) is 2.90. The Morgan fingerprint density at radius 2 is 1.93 bits per heavy atom. The maximum Gasteiger partial charge on any atom is 0.387 e. The van der Waals surface area contributed by atoms with Gasteiger partial charge >= 0.3 is 6.61 Å². The minimum Gasteiger partial charge on any atom is -0.493 e. The summed E-state index contributed by atoms with van der Waals surface area (Å²) in [4.78, 5) is 6.23. The Morgan fingerprint density at radius 1 is 1.15 bits per heavy atom. The van der Waals surface area contributed by atoms with Crippen LogP contribution in [0, 0.1) is 11.3 Å². The Kier molecular flexibility index (Phi) is 5.36. The van der Waals surface area contributed by atoms with Crippen LogP contribution in [0.25, 0.3) is 10.9 Å². The third-order valence-electron chi connectivity index (χ3n) is 4.08. The molecule has 3 aromatic rings. The topological polar surface area (TPSA) is 58.4 Å². The molecule has 0 atom stereocenters. The molecule has 1 aromatic heterocycles. The summed E-state index contributed by atoms with van der Waals surface area (Å²) in [6, 6.07) is 16.2. The number of alkyl halides is 2. The van der Waals surface area contributed by atoms with E-state index in [1.807, 2.05) is 36.2 Å². The van der Waals surface area contributed by atoms with E-state index >= 15 is 0 Å². The van der Waals surface area contributed by atoms with E-state index in [1.165, 1.54) is 13.2 Å². The van der Waals surface area contributed by atoms with Gasteiger partial charge in [-0.2, -0.15) is 14.0 Å². The number of nitrogens with zero attached hydrogens (tertiary/aromatic N) is 3. The van der Waals surface area contributed by atoms with Crippen molar-refractivity contribution in [2.45, 2.75) is 13.2 Å². The first-order valence-corrected chi connectivity index (χ1v) is 8.14. The lowest BCUT2D eigenvalue weighted by Crippen LogP contribution is -2.17. The van der Waals surface area contributed by atoms with Gasteiger partial charge in [0.05, 0.1) is 12.6 Å². The number of pyridine rings is 1. The predicted molar refractivity (Wildman–Crippen MR) is 98.2 cm³/mol. The van der Waals surface area contributed by atoms with Crippen LogP contribution < -0.4 is 14.4 Å². The van der Waals surface area contributed by atoms with Crippen molar-refractivity contribution in [2.24, 2.45) is 0 Å². The average Bonchev–Trinajstić information content (AvgIpc) is 2.66. The molecular weight excluding hydrogens is 352 g/mol. The van der Waals surface area contributed by atoms with Crippen LogP contribution in [0.15, 0.2) is 48.5 Å². The van der Waals surface area contributed by atoms with E-state index < -0.39 is 6.61 Å². The van der Waals surface area contributed by atoms with Crippen molar-refractivity contribution in [3.05, 3.63) is 59.8 Å². The first-order valence-electron chi connectivity index (χ1n) is 8.14. The van der Waals surface area contributed by atoms with Crippen molar-refractivity contribution in [1.29, 1.82) is 5.26 Å². The number of aromatic nitrogens is 1. The van der Waals surface area contributed by atoms with Gasteiger partial charge in [-0.3, -0.25) is 0 Å². The number of ether oxygens (including phenoxy) is 2. The van der Waals surface area contributed by atoms with Crippen molar-refractivity contribution in [3.63, 3.8) is 0 Å². The summed E-state index contributed by atoms with van der Waals surface area (Å²) in [5, 5.41) is 10.1. The minimum atomic E-state index is -2.94.